The zero-order valence-electron chi connectivity index (χ0n) is 17.1. The molecule has 2 aromatic carbocycles. The van der Waals surface area contributed by atoms with Crippen LogP contribution >= 0.6 is 12.2 Å². The van der Waals surface area contributed by atoms with Crippen LogP contribution < -0.4 is 5.32 Å². The quantitative estimate of drug-likeness (QED) is 0.469. The smallest absolute Gasteiger partial charge is 0.221 e. The first kappa shape index (κ1) is 20.5. The molecular formula is C22H25N5O2S. The molecule has 0 aliphatic carbocycles. The van der Waals surface area contributed by atoms with E-state index in [2.05, 4.69) is 26.5 Å². The number of rotatable bonds is 4. The third-order valence-corrected chi connectivity index (χ3v) is 5.41. The molecule has 0 bridgehead atoms. The van der Waals surface area contributed by atoms with E-state index >= 15 is 0 Å². The predicted molar refractivity (Wildman–Crippen MR) is 123 cm³/mol. The minimum absolute atomic E-state index is 0.0840. The monoisotopic (exact) mass is 423 g/mol. The van der Waals surface area contributed by atoms with Gasteiger partial charge in [-0.25, -0.2) is 0 Å². The fraction of sp³-hybridized carbons (Fsp3) is 0.318. The molecule has 4 rings (SSSR count). The molecule has 0 unspecified atom stereocenters. The third-order valence-electron chi connectivity index (χ3n) is 5.23. The Labute approximate surface area is 181 Å². The number of azo groups is 1. The standard InChI is InChI=1S/C22H25N5O2S/c1-15-7-8-18(16(2)13-15)23-22(30)25-24-20-17-5-3-4-6-19(17)27(21(20)28)14-26-9-11-29-12-10-26/h3-8,13,28H,9-12,14H2,1-2H3,(H,23,30). The van der Waals surface area contributed by atoms with Crippen molar-refractivity contribution in [2.45, 2.75) is 20.5 Å². The number of ether oxygens (including phenoxy) is 1. The molecular weight excluding hydrogens is 398 g/mol. The van der Waals surface area contributed by atoms with E-state index in [1.54, 1.807) is 0 Å². The van der Waals surface area contributed by atoms with Gasteiger partial charge in [-0.15, -0.1) is 10.2 Å². The topological polar surface area (TPSA) is 74.4 Å². The lowest BCUT2D eigenvalue weighted by Crippen LogP contribution is -2.37. The number of aromatic hydroxyl groups is 1. The van der Waals surface area contributed by atoms with Crippen LogP contribution in [0.1, 0.15) is 11.1 Å². The van der Waals surface area contributed by atoms with Gasteiger partial charge in [0.15, 0.2) is 5.69 Å². The molecule has 1 aliphatic heterocycles. The van der Waals surface area contributed by atoms with Gasteiger partial charge in [-0.05, 0) is 43.8 Å². The number of para-hydroxylation sites is 1. The average molecular weight is 424 g/mol. The van der Waals surface area contributed by atoms with Gasteiger partial charge in [0.2, 0.25) is 11.0 Å². The maximum atomic E-state index is 10.9. The fourth-order valence-electron chi connectivity index (χ4n) is 3.65. The molecule has 0 amide bonds. The number of thiocarbonyl (C=S) groups is 1. The highest BCUT2D eigenvalue weighted by molar-refractivity contribution is 7.80. The summed E-state index contributed by atoms with van der Waals surface area (Å²) < 4.78 is 7.28. The zero-order chi connectivity index (χ0) is 21.1. The van der Waals surface area contributed by atoms with Gasteiger partial charge in [0, 0.05) is 24.2 Å². The van der Waals surface area contributed by atoms with Gasteiger partial charge in [-0.1, -0.05) is 35.9 Å². The Kier molecular flexibility index (Phi) is 6.08. The first-order valence-electron chi connectivity index (χ1n) is 9.93. The molecule has 1 saturated heterocycles. The van der Waals surface area contributed by atoms with Crippen molar-refractivity contribution >= 4 is 39.6 Å². The van der Waals surface area contributed by atoms with E-state index in [0.29, 0.717) is 25.6 Å². The molecule has 2 heterocycles. The highest BCUT2D eigenvalue weighted by Crippen LogP contribution is 2.39. The summed E-state index contributed by atoms with van der Waals surface area (Å²) in [5.74, 6) is 0.0840. The normalized spacial score (nSPS) is 15.1. The number of aryl methyl sites for hydroxylation is 2. The summed E-state index contributed by atoms with van der Waals surface area (Å²) in [4.78, 5) is 2.24. The summed E-state index contributed by atoms with van der Waals surface area (Å²) in [6.07, 6.45) is 0. The maximum Gasteiger partial charge on any atom is 0.221 e. The van der Waals surface area contributed by atoms with Gasteiger partial charge in [0.25, 0.3) is 0 Å². The molecule has 1 aliphatic rings. The molecule has 0 spiro atoms. The number of morpholine rings is 1. The van der Waals surface area contributed by atoms with Crippen LogP contribution in [0.15, 0.2) is 52.7 Å². The summed E-state index contributed by atoms with van der Waals surface area (Å²) >= 11 is 5.35. The highest BCUT2D eigenvalue weighted by atomic mass is 32.1. The highest BCUT2D eigenvalue weighted by Gasteiger charge is 2.19. The molecule has 3 aromatic rings. The van der Waals surface area contributed by atoms with Crippen molar-refractivity contribution in [1.29, 1.82) is 0 Å². The van der Waals surface area contributed by atoms with Crippen LogP contribution in [0, 0.1) is 13.8 Å². The second kappa shape index (κ2) is 8.91. The van der Waals surface area contributed by atoms with Gasteiger partial charge in [0.1, 0.15) is 0 Å². The van der Waals surface area contributed by atoms with Crippen LogP contribution in [0.2, 0.25) is 0 Å². The summed E-state index contributed by atoms with van der Waals surface area (Å²) in [7, 11) is 0. The van der Waals surface area contributed by atoms with Crippen LogP contribution in [0.4, 0.5) is 11.4 Å². The molecule has 7 nitrogen and oxygen atoms in total. The molecule has 1 fully saturated rings. The number of fused-ring (bicyclic) bond motifs is 1. The van der Waals surface area contributed by atoms with Gasteiger partial charge in [-0.3, -0.25) is 9.47 Å². The first-order valence-corrected chi connectivity index (χ1v) is 10.3. The van der Waals surface area contributed by atoms with Crippen molar-refractivity contribution in [3.05, 3.63) is 53.6 Å². The number of nitrogens with zero attached hydrogens (tertiary/aromatic N) is 4. The van der Waals surface area contributed by atoms with Crippen molar-refractivity contribution in [2.75, 3.05) is 31.6 Å². The maximum absolute atomic E-state index is 10.9. The Bertz CT molecular complexity index is 1100. The number of hydrogen-bond donors (Lipinski definition) is 2. The third kappa shape index (κ3) is 4.35. The number of nitrogens with one attached hydrogen (secondary N) is 1. The van der Waals surface area contributed by atoms with Crippen LogP contribution in [-0.4, -0.2) is 46.0 Å². The Hall–Kier alpha value is -2.81. The number of anilines is 1. The Morgan fingerprint density at radius 1 is 1.17 bits per heavy atom. The van der Waals surface area contributed by atoms with E-state index in [9.17, 15) is 5.11 Å². The van der Waals surface area contributed by atoms with Crippen molar-refractivity contribution in [3.8, 4) is 5.88 Å². The summed E-state index contributed by atoms with van der Waals surface area (Å²) in [6.45, 7) is 7.68. The van der Waals surface area contributed by atoms with Crippen molar-refractivity contribution in [3.63, 3.8) is 0 Å². The summed E-state index contributed by atoms with van der Waals surface area (Å²) in [5, 5.41) is 23.6. The van der Waals surface area contributed by atoms with Crippen LogP contribution in [0.3, 0.4) is 0 Å². The number of hydrogen-bond acceptors (Lipinski definition) is 5. The van der Waals surface area contributed by atoms with E-state index in [1.165, 1.54) is 5.56 Å². The molecule has 30 heavy (non-hydrogen) atoms. The number of benzene rings is 2. The zero-order valence-corrected chi connectivity index (χ0v) is 17.9. The van der Waals surface area contributed by atoms with Gasteiger partial charge >= 0.3 is 0 Å². The van der Waals surface area contributed by atoms with E-state index in [4.69, 9.17) is 17.0 Å². The minimum atomic E-state index is 0.0840. The number of aromatic nitrogens is 1. The van der Waals surface area contributed by atoms with Gasteiger partial charge in [-0.2, -0.15) is 0 Å². The fourth-order valence-corrected chi connectivity index (χ4v) is 3.80. The molecule has 0 saturated carbocycles. The van der Waals surface area contributed by atoms with Crippen molar-refractivity contribution in [1.82, 2.24) is 9.47 Å². The Morgan fingerprint density at radius 2 is 1.93 bits per heavy atom. The second-order valence-corrected chi connectivity index (χ2v) is 7.82. The minimum Gasteiger partial charge on any atom is -0.493 e. The predicted octanol–water partition coefficient (Wildman–Crippen LogP) is 4.73. The van der Waals surface area contributed by atoms with Crippen LogP contribution in [0.5, 0.6) is 5.88 Å². The summed E-state index contributed by atoms with van der Waals surface area (Å²) in [6, 6.07) is 13.8. The summed E-state index contributed by atoms with van der Waals surface area (Å²) in [5.41, 5.74) is 4.48. The molecule has 0 radical (unpaired) electrons. The van der Waals surface area contributed by atoms with Gasteiger partial charge in [0.05, 0.1) is 25.4 Å². The van der Waals surface area contributed by atoms with E-state index in [1.807, 2.05) is 54.8 Å². The Morgan fingerprint density at radius 3 is 2.70 bits per heavy atom. The van der Waals surface area contributed by atoms with E-state index in [0.717, 1.165) is 35.2 Å². The van der Waals surface area contributed by atoms with Gasteiger partial charge < -0.3 is 15.2 Å². The van der Waals surface area contributed by atoms with Crippen LogP contribution in [0.25, 0.3) is 10.9 Å². The molecule has 1 aromatic heterocycles. The molecule has 0 atom stereocenters. The Balaban J connectivity index is 1.58. The van der Waals surface area contributed by atoms with Crippen LogP contribution in [-0.2, 0) is 11.4 Å². The lowest BCUT2D eigenvalue weighted by molar-refractivity contribution is 0.0231. The molecule has 8 heteroatoms. The molecule has 156 valence electrons. The largest absolute Gasteiger partial charge is 0.493 e. The van der Waals surface area contributed by atoms with E-state index < -0.39 is 0 Å². The first-order chi connectivity index (χ1) is 14.5. The van der Waals surface area contributed by atoms with E-state index in [-0.39, 0.29) is 11.0 Å². The average Bonchev–Trinajstić information content (AvgIpc) is 3.00. The lowest BCUT2D eigenvalue weighted by Gasteiger charge is -2.27. The van der Waals surface area contributed by atoms with Crippen molar-refractivity contribution in [2.24, 2.45) is 10.2 Å². The second-order valence-electron chi connectivity index (χ2n) is 7.44. The SMILES string of the molecule is Cc1ccc(NC(=S)N=Nc2c(O)n(CN3CCOCC3)c3ccccc23)c(C)c1. The lowest BCUT2D eigenvalue weighted by atomic mass is 10.1. The molecule has 2 N–H and O–H groups in total. The van der Waals surface area contributed by atoms with Crippen molar-refractivity contribution < 1.29 is 9.84 Å².